The van der Waals surface area contributed by atoms with Crippen LogP contribution < -0.4 is 5.23 Å². The summed E-state index contributed by atoms with van der Waals surface area (Å²) in [6, 6.07) is 1.47. The summed E-state index contributed by atoms with van der Waals surface area (Å²) in [7, 11) is 6.77. The lowest BCUT2D eigenvalue weighted by Crippen LogP contribution is -2.41. The van der Waals surface area contributed by atoms with Gasteiger partial charge in [-0.1, -0.05) is 0 Å². The van der Waals surface area contributed by atoms with Crippen LogP contribution in [0.5, 0.6) is 0 Å². The highest BCUT2D eigenvalue weighted by Crippen LogP contribution is 2.21. The second-order valence-electron chi connectivity index (χ2n) is 4.11. The molecule has 1 aliphatic rings. The molecular formula is C9H21BN2O. The Morgan fingerprint density at radius 3 is 2.31 bits per heavy atom. The van der Waals surface area contributed by atoms with Crippen molar-refractivity contribution in [3.8, 4) is 0 Å². The first-order chi connectivity index (χ1) is 6.24. The van der Waals surface area contributed by atoms with E-state index in [0.29, 0.717) is 13.7 Å². The molecule has 76 valence electrons. The molecule has 0 unspecified atom stereocenters. The minimum atomic E-state index is 0.677. The van der Waals surface area contributed by atoms with E-state index in [1.807, 2.05) is 0 Å². The van der Waals surface area contributed by atoms with Crippen LogP contribution in [0.2, 0.25) is 0 Å². The quantitative estimate of drug-likeness (QED) is 0.638. The Balaban J connectivity index is 2.15. The van der Waals surface area contributed by atoms with Crippen molar-refractivity contribution >= 4 is 7.62 Å². The van der Waals surface area contributed by atoms with Crippen LogP contribution in [0, 0.1) is 0 Å². The summed E-state index contributed by atoms with van der Waals surface area (Å²) in [6.45, 7) is 0. The molecule has 3 nitrogen and oxygen atoms in total. The molecular weight excluding hydrogens is 163 g/mol. The van der Waals surface area contributed by atoms with E-state index >= 15 is 0 Å². The first-order valence-corrected chi connectivity index (χ1v) is 5.12. The first-order valence-electron chi connectivity index (χ1n) is 5.12. The van der Waals surface area contributed by atoms with Crippen molar-refractivity contribution in [1.82, 2.24) is 10.1 Å². The van der Waals surface area contributed by atoms with Crippen LogP contribution in [-0.4, -0.2) is 45.8 Å². The van der Waals surface area contributed by atoms with Gasteiger partial charge in [-0.15, -0.1) is 0 Å². The number of rotatable bonds is 4. The van der Waals surface area contributed by atoms with E-state index in [2.05, 4.69) is 24.2 Å². The summed E-state index contributed by atoms with van der Waals surface area (Å²) in [4.78, 5) is 2.34. The van der Waals surface area contributed by atoms with E-state index in [1.165, 1.54) is 25.7 Å². The largest absolute Gasteiger partial charge is 0.427 e. The second-order valence-corrected chi connectivity index (χ2v) is 4.11. The minimum Gasteiger partial charge on any atom is -0.427 e. The lowest BCUT2D eigenvalue weighted by Gasteiger charge is -2.32. The Morgan fingerprint density at radius 2 is 1.85 bits per heavy atom. The standard InChI is InChI=1S/C9H21BN2O/c1-12(2)9-6-4-8(5-7-9)11-10-13-3/h8-11H,4-7H2,1-3H3/t8-,9+. The molecule has 0 spiro atoms. The summed E-state index contributed by atoms with van der Waals surface area (Å²) in [5, 5.41) is 3.39. The molecule has 1 rings (SSSR count). The van der Waals surface area contributed by atoms with Gasteiger partial charge >= 0.3 is 7.62 Å². The molecule has 13 heavy (non-hydrogen) atoms. The molecule has 4 heteroatoms. The lowest BCUT2D eigenvalue weighted by atomic mass is 9.89. The van der Waals surface area contributed by atoms with Gasteiger partial charge < -0.3 is 14.8 Å². The Morgan fingerprint density at radius 1 is 1.23 bits per heavy atom. The maximum absolute atomic E-state index is 5.00. The van der Waals surface area contributed by atoms with Gasteiger partial charge in [0, 0.05) is 13.2 Å². The van der Waals surface area contributed by atoms with Crippen LogP contribution in [0.25, 0.3) is 0 Å². The predicted octanol–water partition coefficient (Wildman–Crippen LogP) is 0.362. The van der Waals surface area contributed by atoms with Gasteiger partial charge in [-0.05, 0) is 45.8 Å². The molecule has 0 saturated heterocycles. The van der Waals surface area contributed by atoms with Crippen LogP contribution >= 0.6 is 0 Å². The van der Waals surface area contributed by atoms with Gasteiger partial charge in [0.15, 0.2) is 0 Å². The first kappa shape index (κ1) is 11.0. The molecule has 0 atom stereocenters. The van der Waals surface area contributed by atoms with E-state index in [4.69, 9.17) is 4.65 Å². The maximum Gasteiger partial charge on any atom is 0.360 e. The lowest BCUT2D eigenvalue weighted by molar-refractivity contribution is 0.210. The van der Waals surface area contributed by atoms with Crippen LogP contribution in [0.4, 0.5) is 0 Å². The van der Waals surface area contributed by atoms with Crippen LogP contribution in [0.15, 0.2) is 0 Å². The molecule has 0 aromatic carbocycles. The van der Waals surface area contributed by atoms with Crippen molar-refractivity contribution in [2.75, 3.05) is 21.2 Å². The fourth-order valence-electron chi connectivity index (χ4n) is 2.00. The van der Waals surface area contributed by atoms with Gasteiger partial charge in [0.2, 0.25) is 0 Å². The van der Waals surface area contributed by atoms with E-state index < -0.39 is 0 Å². The van der Waals surface area contributed by atoms with E-state index in [-0.39, 0.29) is 0 Å². The Kier molecular flexibility index (Phi) is 4.77. The minimum absolute atomic E-state index is 0.677. The zero-order valence-corrected chi connectivity index (χ0v) is 9.05. The van der Waals surface area contributed by atoms with Gasteiger partial charge in [-0.2, -0.15) is 0 Å². The number of nitrogens with zero attached hydrogens (tertiary/aromatic N) is 1. The van der Waals surface area contributed by atoms with Gasteiger partial charge in [0.25, 0.3) is 0 Å². The molecule has 1 saturated carbocycles. The van der Waals surface area contributed by atoms with Crippen LogP contribution in [-0.2, 0) is 4.65 Å². The Bertz CT molecular complexity index is 136. The molecule has 0 radical (unpaired) electrons. The Labute approximate surface area is 82.1 Å². The van der Waals surface area contributed by atoms with Crippen molar-refractivity contribution in [2.45, 2.75) is 37.8 Å². The average molecular weight is 184 g/mol. The molecule has 0 heterocycles. The zero-order chi connectivity index (χ0) is 9.68. The maximum atomic E-state index is 5.00. The summed E-state index contributed by atoms with van der Waals surface area (Å²) in [6.07, 6.45) is 5.20. The topological polar surface area (TPSA) is 24.5 Å². The summed E-state index contributed by atoms with van der Waals surface area (Å²) < 4.78 is 5.00. The SMILES string of the molecule is COBN[C@H]1CC[C@@H](N(C)C)CC1. The van der Waals surface area contributed by atoms with Gasteiger partial charge in [0.1, 0.15) is 0 Å². The fourth-order valence-corrected chi connectivity index (χ4v) is 2.00. The van der Waals surface area contributed by atoms with E-state index in [0.717, 1.165) is 6.04 Å². The summed E-state index contributed by atoms with van der Waals surface area (Å²) in [5.74, 6) is 0. The summed E-state index contributed by atoms with van der Waals surface area (Å²) in [5.41, 5.74) is 0. The molecule has 0 aromatic heterocycles. The van der Waals surface area contributed by atoms with Gasteiger partial charge in [-0.25, -0.2) is 0 Å². The molecule has 0 bridgehead atoms. The molecule has 0 aliphatic heterocycles. The number of hydrogen-bond acceptors (Lipinski definition) is 3. The highest BCUT2D eigenvalue weighted by Gasteiger charge is 2.21. The predicted molar refractivity (Wildman–Crippen MR) is 57.0 cm³/mol. The normalized spacial score (nSPS) is 29.2. The number of hydrogen-bond donors (Lipinski definition) is 1. The third kappa shape index (κ3) is 3.67. The monoisotopic (exact) mass is 184 g/mol. The molecule has 0 aromatic rings. The van der Waals surface area contributed by atoms with Crippen molar-refractivity contribution in [1.29, 1.82) is 0 Å². The molecule has 1 fully saturated rings. The van der Waals surface area contributed by atoms with Crippen molar-refractivity contribution in [3.63, 3.8) is 0 Å². The highest BCUT2D eigenvalue weighted by molar-refractivity contribution is 6.23. The fraction of sp³-hybridized carbons (Fsp3) is 1.00. The van der Waals surface area contributed by atoms with E-state index in [1.54, 1.807) is 7.11 Å². The second kappa shape index (κ2) is 5.63. The average Bonchev–Trinajstić information content (AvgIpc) is 2.15. The number of nitrogens with one attached hydrogen (secondary N) is 1. The third-order valence-corrected chi connectivity index (χ3v) is 2.94. The van der Waals surface area contributed by atoms with Crippen LogP contribution in [0.3, 0.4) is 0 Å². The summed E-state index contributed by atoms with van der Waals surface area (Å²) >= 11 is 0. The molecule has 1 aliphatic carbocycles. The van der Waals surface area contributed by atoms with Gasteiger partial charge in [0.05, 0.1) is 0 Å². The van der Waals surface area contributed by atoms with E-state index in [9.17, 15) is 0 Å². The molecule has 0 amide bonds. The third-order valence-electron chi connectivity index (χ3n) is 2.94. The highest BCUT2D eigenvalue weighted by atomic mass is 16.4. The zero-order valence-electron chi connectivity index (χ0n) is 9.05. The van der Waals surface area contributed by atoms with Crippen molar-refractivity contribution < 1.29 is 4.65 Å². The van der Waals surface area contributed by atoms with Crippen molar-refractivity contribution in [3.05, 3.63) is 0 Å². The molecule has 1 N–H and O–H groups in total. The van der Waals surface area contributed by atoms with Crippen molar-refractivity contribution in [2.24, 2.45) is 0 Å². The van der Waals surface area contributed by atoms with Gasteiger partial charge in [-0.3, -0.25) is 0 Å². The Hall–Kier alpha value is -0.0551. The van der Waals surface area contributed by atoms with Crippen LogP contribution in [0.1, 0.15) is 25.7 Å². The smallest absolute Gasteiger partial charge is 0.360 e.